The lowest BCUT2D eigenvalue weighted by Gasteiger charge is -2.27. The van der Waals surface area contributed by atoms with Gasteiger partial charge in [-0.25, -0.2) is 4.79 Å². The average molecular weight is 226 g/mol. The fourth-order valence-electron chi connectivity index (χ4n) is 2.55. The van der Waals surface area contributed by atoms with E-state index < -0.39 is 0 Å². The van der Waals surface area contributed by atoms with E-state index >= 15 is 0 Å². The van der Waals surface area contributed by atoms with Crippen LogP contribution in [0.5, 0.6) is 0 Å². The second kappa shape index (κ2) is 5.53. The summed E-state index contributed by atoms with van der Waals surface area (Å²) in [5, 5.41) is 0. The summed E-state index contributed by atoms with van der Waals surface area (Å²) in [4.78, 5) is 15.8. The summed E-state index contributed by atoms with van der Waals surface area (Å²) in [7, 11) is 0. The van der Waals surface area contributed by atoms with Gasteiger partial charge in [0.1, 0.15) is 6.10 Å². The molecule has 0 saturated carbocycles. The van der Waals surface area contributed by atoms with Crippen LogP contribution in [0.25, 0.3) is 0 Å². The monoisotopic (exact) mass is 226 g/mol. The molecular weight excluding hydrogens is 204 g/mol. The smallest absolute Gasteiger partial charge is 0.410 e. The Morgan fingerprint density at radius 1 is 1.31 bits per heavy atom. The van der Waals surface area contributed by atoms with Gasteiger partial charge in [0.2, 0.25) is 0 Å². The second-order valence-electron chi connectivity index (χ2n) is 4.81. The molecular formula is C12H22N2O2. The Bertz CT molecular complexity index is 239. The molecule has 4 nitrogen and oxygen atoms in total. The summed E-state index contributed by atoms with van der Waals surface area (Å²) < 4.78 is 5.37. The maximum absolute atomic E-state index is 11.5. The van der Waals surface area contributed by atoms with Crippen LogP contribution in [-0.2, 0) is 4.74 Å². The zero-order chi connectivity index (χ0) is 11.4. The summed E-state index contributed by atoms with van der Waals surface area (Å²) in [6.07, 6.45) is 4.91. The third kappa shape index (κ3) is 2.88. The van der Waals surface area contributed by atoms with Crippen LogP contribution in [-0.4, -0.2) is 54.7 Å². The van der Waals surface area contributed by atoms with Crippen molar-refractivity contribution in [3.8, 4) is 0 Å². The molecule has 0 radical (unpaired) electrons. The van der Waals surface area contributed by atoms with E-state index in [4.69, 9.17) is 4.74 Å². The number of likely N-dealkylation sites (tertiary alicyclic amines) is 1. The van der Waals surface area contributed by atoms with Crippen molar-refractivity contribution in [2.75, 3.05) is 32.7 Å². The highest BCUT2D eigenvalue weighted by atomic mass is 16.6. The Labute approximate surface area is 97.5 Å². The molecule has 1 amide bonds. The third-order valence-corrected chi connectivity index (χ3v) is 3.35. The number of piperidine rings is 1. The van der Waals surface area contributed by atoms with Gasteiger partial charge in [0.05, 0.1) is 6.54 Å². The topological polar surface area (TPSA) is 32.8 Å². The first-order valence-electron chi connectivity index (χ1n) is 6.47. The maximum Gasteiger partial charge on any atom is 0.410 e. The molecule has 2 saturated heterocycles. The molecule has 2 fully saturated rings. The minimum Gasteiger partial charge on any atom is -0.443 e. The highest BCUT2D eigenvalue weighted by Crippen LogP contribution is 2.15. The van der Waals surface area contributed by atoms with Crippen LogP contribution in [0, 0.1) is 0 Å². The summed E-state index contributed by atoms with van der Waals surface area (Å²) in [5.41, 5.74) is 0. The van der Waals surface area contributed by atoms with Crippen molar-refractivity contribution in [3.05, 3.63) is 0 Å². The number of carbonyl (C=O) groups excluding carboxylic acids is 1. The van der Waals surface area contributed by atoms with E-state index in [0.717, 1.165) is 26.1 Å². The van der Waals surface area contributed by atoms with Gasteiger partial charge in [-0.05, 0) is 32.4 Å². The highest BCUT2D eigenvalue weighted by Gasteiger charge is 2.31. The van der Waals surface area contributed by atoms with Gasteiger partial charge >= 0.3 is 6.09 Å². The Hall–Kier alpha value is -0.770. The van der Waals surface area contributed by atoms with Crippen molar-refractivity contribution in [2.45, 2.75) is 38.7 Å². The molecule has 0 bridgehead atoms. The molecule has 0 aromatic carbocycles. The first-order chi connectivity index (χ1) is 7.79. The molecule has 2 aliphatic heterocycles. The van der Waals surface area contributed by atoms with E-state index in [-0.39, 0.29) is 12.2 Å². The Morgan fingerprint density at radius 3 is 2.75 bits per heavy atom. The van der Waals surface area contributed by atoms with Crippen LogP contribution >= 0.6 is 0 Å². The van der Waals surface area contributed by atoms with Crippen molar-refractivity contribution < 1.29 is 9.53 Å². The van der Waals surface area contributed by atoms with Crippen molar-refractivity contribution in [3.63, 3.8) is 0 Å². The number of rotatable bonds is 4. The molecule has 2 heterocycles. The number of hydrogen-bond donors (Lipinski definition) is 0. The highest BCUT2D eigenvalue weighted by molar-refractivity contribution is 5.69. The van der Waals surface area contributed by atoms with E-state index in [2.05, 4.69) is 11.8 Å². The van der Waals surface area contributed by atoms with Gasteiger partial charge in [-0.3, -0.25) is 4.90 Å². The predicted molar refractivity (Wildman–Crippen MR) is 62.4 cm³/mol. The molecule has 92 valence electrons. The maximum atomic E-state index is 11.5. The van der Waals surface area contributed by atoms with Crippen molar-refractivity contribution in [1.29, 1.82) is 0 Å². The van der Waals surface area contributed by atoms with Crippen LogP contribution in [0.1, 0.15) is 32.6 Å². The summed E-state index contributed by atoms with van der Waals surface area (Å²) in [6, 6.07) is 0. The van der Waals surface area contributed by atoms with Gasteiger partial charge in [0, 0.05) is 13.1 Å². The minimum absolute atomic E-state index is 0.0946. The van der Waals surface area contributed by atoms with Crippen LogP contribution in [0.4, 0.5) is 4.79 Å². The van der Waals surface area contributed by atoms with Crippen molar-refractivity contribution >= 4 is 6.09 Å². The number of carbonyl (C=O) groups is 1. The fourth-order valence-corrected chi connectivity index (χ4v) is 2.55. The summed E-state index contributed by atoms with van der Waals surface area (Å²) in [6.45, 7) is 6.96. The number of amides is 1. The Balaban J connectivity index is 1.76. The van der Waals surface area contributed by atoms with Gasteiger partial charge in [0.15, 0.2) is 0 Å². The van der Waals surface area contributed by atoms with Gasteiger partial charge in [0.25, 0.3) is 0 Å². The molecule has 0 spiro atoms. The number of nitrogens with zero attached hydrogens (tertiary/aromatic N) is 2. The van der Waals surface area contributed by atoms with E-state index in [0.29, 0.717) is 0 Å². The van der Waals surface area contributed by atoms with Gasteiger partial charge in [-0.1, -0.05) is 13.3 Å². The number of ether oxygens (including phenoxy) is 1. The second-order valence-corrected chi connectivity index (χ2v) is 4.81. The average Bonchev–Trinajstić information content (AvgIpc) is 2.61. The number of hydrogen-bond acceptors (Lipinski definition) is 3. The summed E-state index contributed by atoms with van der Waals surface area (Å²) in [5.74, 6) is 0. The fraction of sp³-hybridized carbons (Fsp3) is 0.917. The van der Waals surface area contributed by atoms with E-state index in [1.54, 1.807) is 0 Å². The van der Waals surface area contributed by atoms with E-state index in [9.17, 15) is 4.79 Å². The molecule has 1 unspecified atom stereocenters. The SMILES string of the molecule is CCCN1CC(CN2CCCCC2)OC1=O. The first-order valence-corrected chi connectivity index (χ1v) is 6.47. The molecule has 0 N–H and O–H groups in total. The molecule has 0 aromatic heterocycles. The minimum atomic E-state index is -0.121. The lowest BCUT2D eigenvalue weighted by Crippen LogP contribution is -2.38. The van der Waals surface area contributed by atoms with E-state index in [1.807, 2.05) is 4.90 Å². The predicted octanol–water partition coefficient (Wildman–Crippen LogP) is 1.70. The quantitative estimate of drug-likeness (QED) is 0.731. The molecule has 0 aromatic rings. The molecule has 2 aliphatic rings. The summed E-state index contributed by atoms with van der Waals surface area (Å²) >= 11 is 0. The lowest BCUT2D eigenvalue weighted by molar-refractivity contribution is 0.0990. The third-order valence-electron chi connectivity index (χ3n) is 3.35. The molecule has 2 rings (SSSR count). The molecule has 16 heavy (non-hydrogen) atoms. The standard InChI is InChI=1S/C12H22N2O2/c1-2-6-14-10-11(16-12(14)15)9-13-7-4-3-5-8-13/h11H,2-10H2,1H3. The van der Waals surface area contributed by atoms with Gasteiger partial charge in [-0.15, -0.1) is 0 Å². The van der Waals surface area contributed by atoms with Crippen LogP contribution in [0.2, 0.25) is 0 Å². The van der Waals surface area contributed by atoms with Crippen LogP contribution in [0.15, 0.2) is 0 Å². The van der Waals surface area contributed by atoms with Crippen LogP contribution < -0.4 is 0 Å². The van der Waals surface area contributed by atoms with Crippen LogP contribution in [0.3, 0.4) is 0 Å². The van der Waals surface area contributed by atoms with Gasteiger partial charge < -0.3 is 9.64 Å². The zero-order valence-electron chi connectivity index (χ0n) is 10.2. The Kier molecular flexibility index (Phi) is 4.04. The van der Waals surface area contributed by atoms with Gasteiger partial charge in [-0.2, -0.15) is 0 Å². The molecule has 0 aliphatic carbocycles. The number of cyclic esters (lactones) is 1. The van der Waals surface area contributed by atoms with Crippen molar-refractivity contribution in [1.82, 2.24) is 9.80 Å². The van der Waals surface area contributed by atoms with Crippen molar-refractivity contribution in [2.24, 2.45) is 0 Å². The zero-order valence-corrected chi connectivity index (χ0v) is 10.2. The largest absolute Gasteiger partial charge is 0.443 e. The molecule has 4 heteroatoms. The lowest BCUT2D eigenvalue weighted by atomic mass is 10.1. The van der Waals surface area contributed by atoms with E-state index in [1.165, 1.54) is 32.4 Å². The Morgan fingerprint density at radius 2 is 2.06 bits per heavy atom. The normalized spacial score (nSPS) is 27.2. The first kappa shape index (κ1) is 11.7. The molecule has 1 atom stereocenters.